The Kier molecular flexibility index (Phi) is 3.51. The highest BCUT2D eigenvalue weighted by Crippen LogP contribution is 2.12. The lowest BCUT2D eigenvalue weighted by Gasteiger charge is -2.03. The van der Waals surface area contributed by atoms with Gasteiger partial charge in [0.1, 0.15) is 0 Å². The fraction of sp³-hybridized carbons (Fsp3) is 0.250. The van der Waals surface area contributed by atoms with E-state index in [4.69, 9.17) is 28.9 Å². The van der Waals surface area contributed by atoms with Gasteiger partial charge in [0.2, 0.25) is 0 Å². The Balaban J connectivity index is 3.18. The number of carbonyl (C=O) groups is 1. The molecule has 0 bridgehead atoms. The van der Waals surface area contributed by atoms with E-state index in [2.05, 4.69) is 4.98 Å². The van der Waals surface area contributed by atoms with Gasteiger partial charge in [0, 0.05) is 12.1 Å². The van der Waals surface area contributed by atoms with Crippen molar-refractivity contribution in [2.45, 2.75) is 11.8 Å². The van der Waals surface area contributed by atoms with Gasteiger partial charge >= 0.3 is 0 Å². The van der Waals surface area contributed by atoms with Crippen LogP contribution in [0.25, 0.3) is 0 Å². The Labute approximate surface area is 85.9 Å². The first kappa shape index (κ1) is 10.3. The highest BCUT2D eigenvalue weighted by atomic mass is 35.5. The van der Waals surface area contributed by atoms with Crippen LogP contribution in [0.3, 0.4) is 0 Å². The van der Waals surface area contributed by atoms with Crippen LogP contribution in [0.5, 0.6) is 0 Å². The minimum Gasteiger partial charge on any atom is -0.366 e. The molecular formula is C8H8Cl2N2O. The monoisotopic (exact) mass is 218 g/mol. The number of pyridine rings is 1. The molecule has 0 fully saturated rings. The van der Waals surface area contributed by atoms with Crippen molar-refractivity contribution in [2.75, 3.05) is 0 Å². The van der Waals surface area contributed by atoms with Crippen molar-refractivity contribution in [3.05, 3.63) is 29.1 Å². The van der Waals surface area contributed by atoms with Crippen molar-refractivity contribution in [2.24, 2.45) is 5.73 Å². The molecule has 5 heteroatoms. The number of hydrogen-bond donors (Lipinski definition) is 1. The van der Waals surface area contributed by atoms with Crippen LogP contribution in [0.4, 0.5) is 0 Å². The molecular weight excluding hydrogens is 211 g/mol. The minimum atomic E-state index is -0.532. The van der Waals surface area contributed by atoms with Gasteiger partial charge in [0.15, 0.2) is 0 Å². The predicted molar refractivity (Wildman–Crippen MR) is 51.9 cm³/mol. The molecule has 0 saturated heterocycles. The molecule has 1 heterocycles. The van der Waals surface area contributed by atoms with Crippen LogP contribution in [-0.4, -0.2) is 10.9 Å². The standard InChI is InChI=1S/C8H8Cl2N2O/c9-2-5-1-6(8(11)13)7(3-10)12-4-5/h1,4H,2-3H2,(H2,11,13). The van der Waals surface area contributed by atoms with Gasteiger partial charge in [0.05, 0.1) is 17.1 Å². The number of hydrogen-bond acceptors (Lipinski definition) is 2. The van der Waals surface area contributed by atoms with Gasteiger partial charge in [0.25, 0.3) is 5.91 Å². The van der Waals surface area contributed by atoms with Crippen molar-refractivity contribution in [3.8, 4) is 0 Å². The van der Waals surface area contributed by atoms with Crippen molar-refractivity contribution >= 4 is 29.1 Å². The molecule has 0 aliphatic carbocycles. The first-order chi connectivity index (χ1) is 6.19. The molecule has 0 atom stereocenters. The fourth-order valence-electron chi connectivity index (χ4n) is 0.929. The normalized spacial score (nSPS) is 10.0. The highest BCUT2D eigenvalue weighted by molar-refractivity contribution is 6.18. The van der Waals surface area contributed by atoms with Crippen LogP contribution in [0.15, 0.2) is 12.3 Å². The van der Waals surface area contributed by atoms with Gasteiger partial charge in [-0.05, 0) is 11.6 Å². The molecule has 1 aromatic rings. The minimum absolute atomic E-state index is 0.167. The number of alkyl halides is 2. The van der Waals surface area contributed by atoms with E-state index in [1.165, 1.54) is 0 Å². The van der Waals surface area contributed by atoms with E-state index in [9.17, 15) is 4.79 Å². The first-order valence-electron chi connectivity index (χ1n) is 3.58. The largest absolute Gasteiger partial charge is 0.366 e. The number of amides is 1. The molecule has 1 amide bonds. The number of nitrogens with two attached hydrogens (primary N) is 1. The van der Waals surface area contributed by atoms with E-state index < -0.39 is 5.91 Å². The van der Waals surface area contributed by atoms with Crippen molar-refractivity contribution < 1.29 is 4.79 Å². The van der Waals surface area contributed by atoms with E-state index in [1.54, 1.807) is 12.3 Å². The van der Waals surface area contributed by atoms with Gasteiger partial charge in [-0.15, -0.1) is 23.2 Å². The maximum Gasteiger partial charge on any atom is 0.250 e. The predicted octanol–water partition coefficient (Wildman–Crippen LogP) is 1.66. The number of aromatic nitrogens is 1. The van der Waals surface area contributed by atoms with E-state index in [0.717, 1.165) is 5.56 Å². The number of nitrogens with zero attached hydrogens (tertiary/aromatic N) is 1. The summed E-state index contributed by atoms with van der Waals surface area (Å²) in [5.41, 5.74) is 6.72. The molecule has 3 nitrogen and oxygen atoms in total. The average Bonchev–Trinajstić information content (AvgIpc) is 2.16. The Morgan fingerprint density at radius 3 is 2.62 bits per heavy atom. The summed E-state index contributed by atoms with van der Waals surface area (Å²) in [7, 11) is 0. The fourth-order valence-corrected chi connectivity index (χ4v) is 1.29. The molecule has 2 N–H and O–H groups in total. The van der Waals surface area contributed by atoms with Gasteiger partial charge in [-0.1, -0.05) is 0 Å². The summed E-state index contributed by atoms with van der Waals surface area (Å²) in [6, 6.07) is 1.61. The van der Waals surface area contributed by atoms with Crippen LogP contribution in [0, 0.1) is 0 Å². The third-order valence-electron chi connectivity index (χ3n) is 1.57. The number of rotatable bonds is 3. The lowest BCUT2D eigenvalue weighted by atomic mass is 10.1. The molecule has 0 radical (unpaired) electrons. The molecule has 0 unspecified atom stereocenters. The van der Waals surface area contributed by atoms with Crippen molar-refractivity contribution in [1.82, 2.24) is 4.98 Å². The summed E-state index contributed by atoms with van der Waals surface area (Å²) in [5, 5.41) is 0. The second kappa shape index (κ2) is 4.44. The van der Waals surface area contributed by atoms with Crippen molar-refractivity contribution in [1.29, 1.82) is 0 Å². The molecule has 0 spiro atoms. The molecule has 13 heavy (non-hydrogen) atoms. The summed E-state index contributed by atoms with van der Waals surface area (Å²) in [6.07, 6.45) is 1.58. The lowest BCUT2D eigenvalue weighted by molar-refractivity contribution is 0.0999. The maximum absolute atomic E-state index is 10.9. The Morgan fingerprint density at radius 2 is 2.15 bits per heavy atom. The van der Waals surface area contributed by atoms with Gasteiger partial charge < -0.3 is 5.73 Å². The molecule has 0 aromatic carbocycles. The van der Waals surface area contributed by atoms with E-state index in [1.807, 2.05) is 0 Å². The molecule has 70 valence electrons. The topological polar surface area (TPSA) is 56.0 Å². The zero-order valence-electron chi connectivity index (χ0n) is 6.76. The molecule has 0 aliphatic heterocycles. The second-order valence-corrected chi connectivity index (χ2v) is 3.00. The summed E-state index contributed by atoms with van der Waals surface area (Å²) in [4.78, 5) is 14.9. The smallest absolute Gasteiger partial charge is 0.250 e. The number of primary amides is 1. The number of carbonyl (C=O) groups excluding carboxylic acids is 1. The quantitative estimate of drug-likeness (QED) is 0.786. The maximum atomic E-state index is 10.9. The SMILES string of the molecule is NC(=O)c1cc(CCl)cnc1CCl. The van der Waals surface area contributed by atoms with Crippen LogP contribution < -0.4 is 5.73 Å². The Hall–Kier alpha value is -0.800. The number of halogens is 2. The van der Waals surface area contributed by atoms with Crippen LogP contribution in [-0.2, 0) is 11.8 Å². The Bertz CT molecular complexity index is 328. The van der Waals surface area contributed by atoms with E-state index >= 15 is 0 Å². The van der Waals surface area contributed by atoms with E-state index in [-0.39, 0.29) is 5.88 Å². The van der Waals surface area contributed by atoms with Gasteiger partial charge in [-0.25, -0.2) is 0 Å². The summed E-state index contributed by atoms with van der Waals surface area (Å²) < 4.78 is 0. The van der Waals surface area contributed by atoms with Gasteiger partial charge in [-0.2, -0.15) is 0 Å². The van der Waals surface area contributed by atoms with Crippen LogP contribution >= 0.6 is 23.2 Å². The summed E-state index contributed by atoms with van der Waals surface area (Å²) >= 11 is 11.1. The van der Waals surface area contributed by atoms with Crippen LogP contribution in [0.1, 0.15) is 21.6 Å². The molecule has 1 aromatic heterocycles. The summed E-state index contributed by atoms with van der Waals surface area (Å²) in [6.45, 7) is 0. The summed E-state index contributed by atoms with van der Waals surface area (Å²) in [5.74, 6) is -0.0634. The average molecular weight is 219 g/mol. The molecule has 0 saturated carbocycles. The highest BCUT2D eigenvalue weighted by Gasteiger charge is 2.09. The van der Waals surface area contributed by atoms with Crippen molar-refractivity contribution in [3.63, 3.8) is 0 Å². The second-order valence-electron chi connectivity index (χ2n) is 2.47. The Morgan fingerprint density at radius 1 is 1.46 bits per heavy atom. The first-order valence-corrected chi connectivity index (χ1v) is 4.65. The van der Waals surface area contributed by atoms with E-state index in [0.29, 0.717) is 17.1 Å². The zero-order chi connectivity index (χ0) is 9.84. The van der Waals surface area contributed by atoms with Crippen LogP contribution in [0.2, 0.25) is 0 Å². The third-order valence-corrected chi connectivity index (χ3v) is 2.13. The molecule has 1 rings (SSSR count). The third kappa shape index (κ3) is 2.32. The lowest BCUT2D eigenvalue weighted by Crippen LogP contribution is -2.14. The van der Waals surface area contributed by atoms with Gasteiger partial charge in [-0.3, -0.25) is 9.78 Å². The molecule has 0 aliphatic rings. The zero-order valence-corrected chi connectivity index (χ0v) is 8.27.